The van der Waals surface area contributed by atoms with Gasteiger partial charge in [-0.25, -0.2) is 0 Å². The number of nitrogens with one attached hydrogen (secondary N) is 1. The Bertz CT molecular complexity index is 310. The number of rotatable bonds is 8. The summed E-state index contributed by atoms with van der Waals surface area (Å²) in [5, 5.41) is 3.68. The third-order valence-corrected chi connectivity index (χ3v) is 3.53. The molecular formula is C16H28N2. The van der Waals surface area contributed by atoms with Gasteiger partial charge in [-0.2, -0.15) is 0 Å². The van der Waals surface area contributed by atoms with Crippen molar-refractivity contribution in [1.29, 1.82) is 0 Å². The summed E-state index contributed by atoms with van der Waals surface area (Å²) in [4.78, 5) is 2.44. The van der Waals surface area contributed by atoms with Gasteiger partial charge in [0, 0.05) is 12.1 Å². The third-order valence-electron chi connectivity index (χ3n) is 3.53. The lowest BCUT2D eigenvalue weighted by Crippen LogP contribution is -2.41. The quantitative estimate of drug-likeness (QED) is 0.758. The van der Waals surface area contributed by atoms with Gasteiger partial charge in [-0.3, -0.25) is 0 Å². The van der Waals surface area contributed by atoms with Crippen molar-refractivity contribution < 1.29 is 0 Å². The van der Waals surface area contributed by atoms with Gasteiger partial charge in [0.1, 0.15) is 0 Å². The minimum absolute atomic E-state index is 0.419. The van der Waals surface area contributed by atoms with E-state index < -0.39 is 0 Å². The van der Waals surface area contributed by atoms with Crippen LogP contribution in [0, 0.1) is 0 Å². The molecule has 1 rings (SSSR count). The van der Waals surface area contributed by atoms with Gasteiger partial charge in [0.25, 0.3) is 0 Å². The van der Waals surface area contributed by atoms with E-state index in [1.165, 1.54) is 18.4 Å². The van der Waals surface area contributed by atoms with Crippen molar-refractivity contribution in [1.82, 2.24) is 10.2 Å². The molecule has 2 atom stereocenters. The highest BCUT2D eigenvalue weighted by molar-refractivity contribution is 5.20. The molecule has 0 amide bonds. The maximum absolute atomic E-state index is 3.68. The van der Waals surface area contributed by atoms with Crippen LogP contribution in [0.1, 0.15) is 45.2 Å². The fraction of sp³-hybridized carbons (Fsp3) is 0.625. The van der Waals surface area contributed by atoms with Crippen LogP contribution in [-0.4, -0.2) is 31.1 Å². The van der Waals surface area contributed by atoms with Crippen molar-refractivity contribution >= 4 is 0 Å². The summed E-state index contributed by atoms with van der Waals surface area (Å²) in [6.45, 7) is 8.99. The zero-order chi connectivity index (χ0) is 13.4. The molecule has 0 spiro atoms. The molecule has 0 saturated heterocycles. The van der Waals surface area contributed by atoms with Crippen LogP contribution in [0.2, 0.25) is 0 Å². The van der Waals surface area contributed by atoms with Crippen molar-refractivity contribution in [2.24, 2.45) is 0 Å². The largest absolute Gasteiger partial charge is 0.309 e. The van der Waals surface area contributed by atoms with Crippen LogP contribution in [-0.2, 0) is 0 Å². The Morgan fingerprint density at radius 2 is 1.78 bits per heavy atom. The monoisotopic (exact) mass is 248 g/mol. The Hall–Kier alpha value is -0.860. The van der Waals surface area contributed by atoms with Crippen LogP contribution in [0.15, 0.2) is 30.3 Å². The van der Waals surface area contributed by atoms with E-state index in [2.05, 4.69) is 68.4 Å². The molecule has 0 aliphatic carbocycles. The number of nitrogens with zero attached hydrogens (tertiary/aromatic N) is 1. The first-order valence-corrected chi connectivity index (χ1v) is 7.19. The summed E-state index contributed by atoms with van der Waals surface area (Å²) < 4.78 is 0. The van der Waals surface area contributed by atoms with Gasteiger partial charge in [-0.15, -0.1) is 0 Å². The van der Waals surface area contributed by atoms with E-state index in [9.17, 15) is 0 Å². The summed E-state index contributed by atoms with van der Waals surface area (Å²) in [7, 11) is 2.22. The van der Waals surface area contributed by atoms with E-state index in [1.54, 1.807) is 0 Å². The molecule has 1 aromatic carbocycles. The average Bonchev–Trinajstić information content (AvgIpc) is 2.40. The fourth-order valence-corrected chi connectivity index (χ4v) is 2.34. The van der Waals surface area contributed by atoms with Crippen molar-refractivity contribution in [3.05, 3.63) is 35.9 Å². The number of likely N-dealkylation sites (N-methyl/N-ethyl adjacent to an activating group) is 1. The molecule has 2 heteroatoms. The highest BCUT2D eigenvalue weighted by Gasteiger charge is 2.21. The highest BCUT2D eigenvalue weighted by atomic mass is 15.2. The van der Waals surface area contributed by atoms with E-state index in [0.717, 1.165) is 13.1 Å². The topological polar surface area (TPSA) is 15.3 Å². The van der Waals surface area contributed by atoms with Crippen LogP contribution in [0.25, 0.3) is 0 Å². The van der Waals surface area contributed by atoms with Gasteiger partial charge in [-0.1, -0.05) is 44.2 Å². The first kappa shape index (κ1) is 15.2. The summed E-state index contributed by atoms with van der Waals surface area (Å²) in [5.74, 6) is 0. The molecule has 0 aliphatic rings. The molecule has 0 aliphatic heterocycles. The molecule has 0 saturated carbocycles. The maximum atomic E-state index is 3.68. The molecular weight excluding hydrogens is 220 g/mol. The highest BCUT2D eigenvalue weighted by Crippen LogP contribution is 2.20. The molecule has 2 nitrogen and oxygen atoms in total. The second-order valence-electron chi connectivity index (χ2n) is 5.06. The van der Waals surface area contributed by atoms with Crippen LogP contribution in [0.5, 0.6) is 0 Å². The molecule has 0 fully saturated rings. The molecule has 0 heterocycles. The zero-order valence-electron chi connectivity index (χ0n) is 12.3. The lowest BCUT2D eigenvalue weighted by Gasteiger charge is -2.33. The average molecular weight is 248 g/mol. The van der Waals surface area contributed by atoms with Crippen molar-refractivity contribution in [2.75, 3.05) is 20.1 Å². The summed E-state index contributed by atoms with van der Waals surface area (Å²) >= 11 is 0. The summed E-state index contributed by atoms with van der Waals surface area (Å²) in [6, 6.07) is 11.7. The minimum atomic E-state index is 0.419. The van der Waals surface area contributed by atoms with Gasteiger partial charge in [0.2, 0.25) is 0 Å². The molecule has 0 bridgehead atoms. The number of hydrogen-bond acceptors (Lipinski definition) is 2. The smallest absolute Gasteiger partial charge is 0.0475 e. The Labute approximate surface area is 112 Å². The molecule has 0 radical (unpaired) electrons. The van der Waals surface area contributed by atoms with Crippen molar-refractivity contribution in [3.8, 4) is 0 Å². The predicted molar refractivity (Wildman–Crippen MR) is 79.9 cm³/mol. The lowest BCUT2D eigenvalue weighted by atomic mass is 9.99. The second kappa shape index (κ2) is 8.28. The van der Waals surface area contributed by atoms with E-state index in [1.807, 2.05) is 0 Å². The lowest BCUT2D eigenvalue weighted by molar-refractivity contribution is 0.207. The Kier molecular flexibility index (Phi) is 6.99. The van der Waals surface area contributed by atoms with E-state index in [4.69, 9.17) is 0 Å². The molecule has 2 unspecified atom stereocenters. The number of hydrogen-bond donors (Lipinski definition) is 1. The fourth-order valence-electron chi connectivity index (χ4n) is 2.34. The van der Waals surface area contributed by atoms with Gasteiger partial charge in [-0.05, 0) is 45.5 Å². The Morgan fingerprint density at radius 1 is 1.11 bits per heavy atom. The van der Waals surface area contributed by atoms with Crippen LogP contribution in [0.4, 0.5) is 0 Å². The number of benzene rings is 1. The second-order valence-corrected chi connectivity index (χ2v) is 5.06. The summed E-state index contributed by atoms with van der Waals surface area (Å²) in [6.07, 6.45) is 2.38. The standard InChI is InChI=1S/C16H28N2/c1-5-12-17-16(14(3)18(4)13-6-2)15-10-8-7-9-11-15/h7-11,14,16-17H,5-6,12-13H2,1-4H3. The molecule has 18 heavy (non-hydrogen) atoms. The summed E-state index contributed by atoms with van der Waals surface area (Å²) in [5.41, 5.74) is 1.39. The van der Waals surface area contributed by atoms with E-state index >= 15 is 0 Å². The van der Waals surface area contributed by atoms with Gasteiger partial charge in [0.15, 0.2) is 0 Å². The van der Waals surface area contributed by atoms with E-state index in [-0.39, 0.29) is 0 Å². The molecule has 1 aromatic rings. The Balaban J connectivity index is 2.77. The molecule has 1 N–H and O–H groups in total. The molecule has 0 aromatic heterocycles. The third kappa shape index (κ3) is 4.43. The van der Waals surface area contributed by atoms with Gasteiger partial charge < -0.3 is 10.2 Å². The van der Waals surface area contributed by atoms with Crippen molar-refractivity contribution in [2.45, 2.75) is 45.7 Å². The van der Waals surface area contributed by atoms with Gasteiger partial charge in [0.05, 0.1) is 0 Å². The predicted octanol–water partition coefficient (Wildman–Crippen LogP) is 3.46. The van der Waals surface area contributed by atoms with Crippen LogP contribution >= 0.6 is 0 Å². The van der Waals surface area contributed by atoms with E-state index in [0.29, 0.717) is 12.1 Å². The van der Waals surface area contributed by atoms with Crippen molar-refractivity contribution in [3.63, 3.8) is 0 Å². The first-order chi connectivity index (χ1) is 8.70. The van der Waals surface area contributed by atoms with Gasteiger partial charge >= 0.3 is 0 Å². The van der Waals surface area contributed by atoms with Crippen LogP contribution < -0.4 is 5.32 Å². The van der Waals surface area contributed by atoms with Crippen LogP contribution in [0.3, 0.4) is 0 Å². The minimum Gasteiger partial charge on any atom is -0.309 e. The SMILES string of the molecule is CCCNC(c1ccccc1)C(C)N(C)CCC. The zero-order valence-corrected chi connectivity index (χ0v) is 12.3. The first-order valence-electron chi connectivity index (χ1n) is 7.19. The Morgan fingerprint density at radius 3 is 2.33 bits per heavy atom. The maximum Gasteiger partial charge on any atom is 0.0475 e. The molecule has 102 valence electrons. The normalized spacial score (nSPS) is 14.7.